The Kier molecular flexibility index (Phi) is 3.55. The fourth-order valence-corrected chi connectivity index (χ4v) is 3.29. The van der Waals surface area contributed by atoms with Gasteiger partial charge < -0.3 is 14.6 Å². The number of nitrogens with zero attached hydrogens (tertiary/aromatic N) is 3. The van der Waals surface area contributed by atoms with E-state index in [0.29, 0.717) is 0 Å². The average molecular weight is 263 g/mol. The summed E-state index contributed by atoms with van der Waals surface area (Å²) in [5, 5.41) is 9.43. The van der Waals surface area contributed by atoms with Crippen LogP contribution in [0.2, 0.25) is 0 Å². The van der Waals surface area contributed by atoms with Gasteiger partial charge in [-0.15, -0.1) is 0 Å². The highest BCUT2D eigenvalue weighted by Gasteiger charge is 2.33. The van der Waals surface area contributed by atoms with Gasteiger partial charge in [-0.3, -0.25) is 4.79 Å². The smallest absolute Gasteiger partial charge is 0.226 e. The van der Waals surface area contributed by atoms with E-state index in [1.165, 1.54) is 0 Å². The third kappa shape index (κ3) is 2.39. The lowest BCUT2D eigenvalue weighted by Gasteiger charge is -2.37. The number of amides is 1. The van der Waals surface area contributed by atoms with Crippen LogP contribution in [0, 0.1) is 5.92 Å². The number of imidazole rings is 1. The van der Waals surface area contributed by atoms with Gasteiger partial charge >= 0.3 is 0 Å². The highest BCUT2D eigenvalue weighted by molar-refractivity contribution is 5.79. The molecule has 3 heterocycles. The molecule has 2 unspecified atom stereocenters. The lowest BCUT2D eigenvalue weighted by Crippen LogP contribution is -2.49. The predicted octanol–water partition coefficient (Wildman–Crippen LogP) is 0.819. The van der Waals surface area contributed by atoms with Crippen molar-refractivity contribution in [3.8, 4) is 0 Å². The molecular weight excluding hydrogens is 242 g/mol. The number of likely N-dealkylation sites (tertiary alicyclic amines) is 1. The first-order valence-corrected chi connectivity index (χ1v) is 7.20. The monoisotopic (exact) mass is 263 g/mol. The maximum absolute atomic E-state index is 12.6. The quantitative estimate of drug-likeness (QED) is 0.859. The first-order chi connectivity index (χ1) is 9.29. The molecule has 1 aromatic heterocycles. The molecule has 2 aliphatic rings. The zero-order valence-corrected chi connectivity index (χ0v) is 11.2. The zero-order valence-electron chi connectivity index (χ0n) is 11.2. The van der Waals surface area contributed by atoms with E-state index in [2.05, 4.69) is 9.55 Å². The maximum Gasteiger partial charge on any atom is 0.226 e. The van der Waals surface area contributed by atoms with Crippen molar-refractivity contribution in [1.29, 1.82) is 0 Å². The molecule has 2 aliphatic heterocycles. The summed E-state index contributed by atoms with van der Waals surface area (Å²) in [5.41, 5.74) is 1.15. The van der Waals surface area contributed by atoms with Gasteiger partial charge in [0, 0.05) is 37.3 Å². The standard InChI is InChI=1S/C14H21N3O2/c18-9-12-3-1-2-5-17(12)14(19)11-4-6-16-10-15-8-13(16)7-11/h8,10-12,18H,1-7,9H2. The minimum absolute atomic E-state index is 0.0353. The van der Waals surface area contributed by atoms with Crippen molar-refractivity contribution in [3.63, 3.8) is 0 Å². The van der Waals surface area contributed by atoms with Gasteiger partial charge in [0.15, 0.2) is 0 Å². The van der Waals surface area contributed by atoms with Crippen molar-refractivity contribution < 1.29 is 9.90 Å². The number of aliphatic hydroxyl groups is 1. The Balaban J connectivity index is 1.70. The number of aliphatic hydroxyl groups excluding tert-OH is 1. The van der Waals surface area contributed by atoms with Crippen molar-refractivity contribution in [3.05, 3.63) is 18.2 Å². The number of hydrogen-bond donors (Lipinski definition) is 1. The normalized spacial score (nSPS) is 27.1. The Bertz CT molecular complexity index is 457. The summed E-state index contributed by atoms with van der Waals surface area (Å²) in [6.07, 6.45) is 8.49. The molecule has 0 aromatic carbocycles. The molecule has 0 aliphatic carbocycles. The Morgan fingerprint density at radius 1 is 1.37 bits per heavy atom. The van der Waals surface area contributed by atoms with Crippen LogP contribution < -0.4 is 0 Å². The van der Waals surface area contributed by atoms with Crippen LogP contribution in [0.25, 0.3) is 0 Å². The molecule has 1 fully saturated rings. The molecule has 0 bridgehead atoms. The second-order valence-electron chi connectivity index (χ2n) is 5.63. The van der Waals surface area contributed by atoms with Gasteiger partial charge in [-0.2, -0.15) is 0 Å². The van der Waals surface area contributed by atoms with Gasteiger partial charge in [0.25, 0.3) is 0 Å². The lowest BCUT2D eigenvalue weighted by molar-refractivity contribution is -0.141. The van der Waals surface area contributed by atoms with Crippen LogP contribution in [0.4, 0.5) is 0 Å². The summed E-state index contributed by atoms with van der Waals surface area (Å²) in [4.78, 5) is 18.7. The van der Waals surface area contributed by atoms with E-state index in [1.807, 2.05) is 17.4 Å². The molecule has 5 nitrogen and oxygen atoms in total. The van der Waals surface area contributed by atoms with Gasteiger partial charge in [0.2, 0.25) is 5.91 Å². The first-order valence-electron chi connectivity index (χ1n) is 7.20. The molecule has 1 aromatic rings. The first kappa shape index (κ1) is 12.7. The minimum atomic E-state index is 0.0353. The zero-order chi connectivity index (χ0) is 13.2. The number of piperidine rings is 1. The van der Waals surface area contributed by atoms with E-state index >= 15 is 0 Å². The predicted molar refractivity (Wildman–Crippen MR) is 70.5 cm³/mol. The van der Waals surface area contributed by atoms with Gasteiger partial charge in [-0.1, -0.05) is 0 Å². The summed E-state index contributed by atoms with van der Waals surface area (Å²) in [5.74, 6) is 0.294. The topological polar surface area (TPSA) is 58.4 Å². The molecule has 2 atom stereocenters. The van der Waals surface area contributed by atoms with Crippen molar-refractivity contribution in [1.82, 2.24) is 14.5 Å². The number of hydrogen-bond acceptors (Lipinski definition) is 3. The second-order valence-corrected chi connectivity index (χ2v) is 5.63. The summed E-state index contributed by atoms with van der Waals surface area (Å²) >= 11 is 0. The van der Waals surface area contributed by atoms with Crippen LogP contribution in [-0.4, -0.2) is 44.7 Å². The number of carbonyl (C=O) groups excluding carboxylic acids is 1. The number of aromatic nitrogens is 2. The Labute approximate surface area is 113 Å². The second kappa shape index (κ2) is 5.33. The molecule has 1 saturated heterocycles. The van der Waals surface area contributed by atoms with Gasteiger partial charge in [0.1, 0.15) is 0 Å². The third-order valence-corrected chi connectivity index (χ3v) is 4.44. The van der Waals surface area contributed by atoms with Crippen LogP contribution in [0.1, 0.15) is 31.4 Å². The average Bonchev–Trinajstić information content (AvgIpc) is 2.93. The number of carbonyl (C=O) groups is 1. The summed E-state index contributed by atoms with van der Waals surface area (Å²) in [6.45, 7) is 1.78. The summed E-state index contributed by atoms with van der Waals surface area (Å²) in [6, 6.07) is 0.0353. The van der Waals surface area contributed by atoms with Crippen molar-refractivity contribution in [2.75, 3.05) is 13.2 Å². The van der Waals surface area contributed by atoms with E-state index < -0.39 is 0 Å². The molecule has 3 rings (SSSR count). The molecule has 0 spiro atoms. The highest BCUT2D eigenvalue weighted by atomic mass is 16.3. The van der Waals surface area contributed by atoms with Crippen LogP contribution in [-0.2, 0) is 17.8 Å². The van der Waals surface area contributed by atoms with Crippen molar-refractivity contribution in [2.45, 2.75) is 44.7 Å². The van der Waals surface area contributed by atoms with Gasteiger partial charge in [0.05, 0.1) is 19.0 Å². The molecular formula is C14H21N3O2. The molecule has 1 amide bonds. The summed E-state index contributed by atoms with van der Waals surface area (Å²) in [7, 11) is 0. The third-order valence-electron chi connectivity index (χ3n) is 4.44. The van der Waals surface area contributed by atoms with E-state index in [0.717, 1.165) is 50.9 Å². The Hall–Kier alpha value is -1.36. The number of rotatable bonds is 2. The van der Waals surface area contributed by atoms with Crippen LogP contribution in [0.3, 0.4) is 0 Å². The fourth-order valence-electron chi connectivity index (χ4n) is 3.29. The van der Waals surface area contributed by atoms with Crippen molar-refractivity contribution >= 4 is 5.91 Å². The van der Waals surface area contributed by atoms with Crippen LogP contribution >= 0.6 is 0 Å². The molecule has 104 valence electrons. The fraction of sp³-hybridized carbons (Fsp3) is 0.714. The van der Waals surface area contributed by atoms with E-state index in [9.17, 15) is 9.90 Å². The molecule has 5 heteroatoms. The van der Waals surface area contributed by atoms with Crippen LogP contribution in [0.5, 0.6) is 0 Å². The SMILES string of the molecule is O=C(C1CCn2cncc2C1)N1CCCCC1CO. The van der Waals surface area contributed by atoms with Crippen molar-refractivity contribution in [2.24, 2.45) is 5.92 Å². The number of aryl methyl sites for hydroxylation is 1. The minimum Gasteiger partial charge on any atom is -0.394 e. The van der Waals surface area contributed by atoms with Crippen LogP contribution in [0.15, 0.2) is 12.5 Å². The maximum atomic E-state index is 12.6. The van der Waals surface area contributed by atoms with Gasteiger partial charge in [-0.05, 0) is 25.7 Å². The van der Waals surface area contributed by atoms with Gasteiger partial charge in [-0.25, -0.2) is 4.98 Å². The molecule has 1 N–H and O–H groups in total. The molecule has 0 saturated carbocycles. The Morgan fingerprint density at radius 3 is 3.11 bits per heavy atom. The highest BCUT2D eigenvalue weighted by Crippen LogP contribution is 2.25. The molecule has 0 radical (unpaired) electrons. The van der Waals surface area contributed by atoms with E-state index in [4.69, 9.17) is 0 Å². The van der Waals surface area contributed by atoms with E-state index in [1.54, 1.807) is 0 Å². The molecule has 19 heavy (non-hydrogen) atoms. The lowest BCUT2D eigenvalue weighted by atomic mass is 9.92. The number of fused-ring (bicyclic) bond motifs is 1. The largest absolute Gasteiger partial charge is 0.394 e. The summed E-state index contributed by atoms with van der Waals surface area (Å²) < 4.78 is 2.13. The van der Waals surface area contributed by atoms with E-state index in [-0.39, 0.29) is 24.5 Å². The Morgan fingerprint density at radius 2 is 2.26 bits per heavy atom.